The molecular weight excluding hydrogens is 242 g/mol. The maximum absolute atomic E-state index is 12.1. The average molecular weight is 271 g/mol. The first-order valence-corrected chi connectivity index (χ1v) is 7.34. The molecule has 112 valence electrons. The second-order valence-electron chi connectivity index (χ2n) is 6.17. The molecule has 0 aromatic rings. The van der Waals surface area contributed by atoms with E-state index in [1.165, 1.54) is 0 Å². The van der Waals surface area contributed by atoms with Gasteiger partial charge in [-0.2, -0.15) is 0 Å². The SMILES string of the molecule is CC(C)(C)OC(=O)N1CCCC1CNCCCCN. The highest BCUT2D eigenvalue weighted by atomic mass is 16.6. The average Bonchev–Trinajstić information content (AvgIpc) is 2.75. The Bertz CT molecular complexity index is 276. The second kappa shape index (κ2) is 7.70. The van der Waals surface area contributed by atoms with Crippen molar-refractivity contribution in [2.75, 3.05) is 26.2 Å². The normalized spacial score (nSPS) is 19.8. The molecule has 1 saturated heterocycles. The van der Waals surface area contributed by atoms with Crippen LogP contribution in [0.25, 0.3) is 0 Å². The van der Waals surface area contributed by atoms with Gasteiger partial charge in [0.05, 0.1) is 0 Å². The number of nitrogens with one attached hydrogen (secondary N) is 1. The smallest absolute Gasteiger partial charge is 0.410 e. The molecule has 0 aromatic heterocycles. The predicted molar refractivity (Wildman–Crippen MR) is 77.1 cm³/mol. The Kier molecular flexibility index (Phi) is 6.58. The maximum atomic E-state index is 12.1. The van der Waals surface area contributed by atoms with Crippen molar-refractivity contribution in [2.24, 2.45) is 5.73 Å². The number of rotatable bonds is 6. The van der Waals surface area contributed by atoms with Gasteiger partial charge in [0.2, 0.25) is 0 Å². The van der Waals surface area contributed by atoms with E-state index in [0.29, 0.717) is 0 Å². The van der Waals surface area contributed by atoms with Crippen molar-refractivity contribution < 1.29 is 9.53 Å². The van der Waals surface area contributed by atoms with Crippen LogP contribution in [0.3, 0.4) is 0 Å². The van der Waals surface area contributed by atoms with Gasteiger partial charge in [-0.15, -0.1) is 0 Å². The van der Waals surface area contributed by atoms with Crippen molar-refractivity contribution >= 4 is 6.09 Å². The van der Waals surface area contributed by atoms with Crippen LogP contribution in [0.4, 0.5) is 4.79 Å². The lowest BCUT2D eigenvalue weighted by Crippen LogP contribution is -2.44. The molecular formula is C14H29N3O2. The summed E-state index contributed by atoms with van der Waals surface area (Å²) in [7, 11) is 0. The lowest BCUT2D eigenvalue weighted by atomic mass is 10.2. The number of carbonyl (C=O) groups excluding carboxylic acids is 1. The van der Waals surface area contributed by atoms with Gasteiger partial charge in [0.25, 0.3) is 0 Å². The first-order valence-electron chi connectivity index (χ1n) is 7.34. The molecule has 19 heavy (non-hydrogen) atoms. The summed E-state index contributed by atoms with van der Waals surface area (Å²) < 4.78 is 5.44. The maximum Gasteiger partial charge on any atom is 0.410 e. The zero-order valence-electron chi connectivity index (χ0n) is 12.6. The van der Waals surface area contributed by atoms with E-state index in [9.17, 15) is 4.79 Å². The monoisotopic (exact) mass is 271 g/mol. The van der Waals surface area contributed by atoms with Gasteiger partial charge in [0, 0.05) is 19.1 Å². The first kappa shape index (κ1) is 16.2. The topological polar surface area (TPSA) is 67.6 Å². The van der Waals surface area contributed by atoms with Gasteiger partial charge in [-0.3, -0.25) is 0 Å². The Balaban J connectivity index is 2.31. The van der Waals surface area contributed by atoms with Gasteiger partial charge >= 0.3 is 6.09 Å². The molecule has 5 nitrogen and oxygen atoms in total. The summed E-state index contributed by atoms with van der Waals surface area (Å²) >= 11 is 0. The van der Waals surface area contributed by atoms with E-state index in [2.05, 4.69) is 5.32 Å². The van der Waals surface area contributed by atoms with Crippen LogP contribution in [0.2, 0.25) is 0 Å². The summed E-state index contributed by atoms with van der Waals surface area (Å²) in [5, 5.41) is 3.40. The molecule has 1 fully saturated rings. The highest BCUT2D eigenvalue weighted by Crippen LogP contribution is 2.20. The van der Waals surface area contributed by atoms with E-state index in [1.807, 2.05) is 25.7 Å². The molecule has 0 aliphatic carbocycles. The van der Waals surface area contributed by atoms with Gasteiger partial charge < -0.3 is 20.7 Å². The van der Waals surface area contributed by atoms with Gasteiger partial charge in [-0.05, 0) is 59.5 Å². The van der Waals surface area contributed by atoms with Crippen LogP contribution in [0, 0.1) is 0 Å². The fourth-order valence-corrected chi connectivity index (χ4v) is 2.27. The molecule has 1 unspecified atom stereocenters. The van der Waals surface area contributed by atoms with Crippen molar-refractivity contribution in [3.8, 4) is 0 Å². The number of hydrogen-bond donors (Lipinski definition) is 2. The van der Waals surface area contributed by atoms with Crippen molar-refractivity contribution in [3.63, 3.8) is 0 Å². The Morgan fingerprint density at radius 3 is 2.79 bits per heavy atom. The van der Waals surface area contributed by atoms with Gasteiger partial charge in [-0.1, -0.05) is 0 Å². The van der Waals surface area contributed by atoms with Crippen LogP contribution >= 0.6 is 0 Å². The summed E-state index contributed by atoms with van der Waals surface area (Å²) in [4.78, 5) is 13.9. The van der Waals surface area contributed by atoms with Crippen LogP contribution in [0.1, 0.15) is 46.5 Å². The molecule has 3 N–H and O–H groups in total. The molecule has 0 aromatic carbocycles. The van der Waals surface area contributed by atoms with Crippen LogP contribution in [-0.2, 0) is 4.74 Å². The molecule has 1 atom stereocenters. The second-order valence-corrected chi connectivity index (χ2v) is 6.17. The molecule has 0 bridgehead atoms. The number of carbonyl (C=O) groups is 1. The number of nitrogens with two attached hydrogens (primary N) is 1. The molecule has 0 saturated carbocycles. The molecule has 1 aliphatic rings. The number of unbranched alkanes of at least 4 members (excludes halogenated alkanes) is 1. The van der Waals surface area contributed by atoms with E-state index in [4.69, 9.17) is 10.5 Å². The third-order valence-corrected chi connectivity index (χ3v) is 3.19. The highest BCUT2D eigenvalue weighted by Gasteiger charge is 2.31. The first-order chi connectivity index (χ1) is 8.94. The Morgan fingerprint density at radius 1 is 1.42 bits per heavy atom. The van der Waals surface area contributed by atoms with Crippen LogP contribution < -0.4 is 11.1 Å². The quantitative estimate of drug-likeness (QED) is 0.722. The van der Waals surface area contributed by atoms with Crippen molar-refractivity contribution in [1.82, 2.24) is 10.2 Å². The fraction of sp³-hybridized carbons (Fsp3) is 0.929. The minimum Gasteiger partial charge on any atom is -0.444 e. The highest BCUT2D eigenvalue weighted by molar-refractivity contribution is 5.69. The number of hydrogen-bond acceptors (Lipinski definition) is 4. The summed E-state index contributed by atoms with van der Waals surface area (Å²) in [6.45, 7) is 9.09. The molecule has 5 heteroatoms. The van der Waals surface area contributed by atoms with E-state index in [1.54, 1.807) is 0 Å². The fourth-order valence-electron chi connectivity index (χ4n) is 2.27. The van der Waals surface area contributed by atoms with E-state index < -0.39 is 5.60 Å². The molecule has 0 radical (unpaired) electrons. The van der Waals surface area contributed by atoms with E-state index in [0.717, 1.165) is 51.9 Å². The molecule has 1 amide bonds. The molecule has 1 aliphatic heterocycles. The Hall–Kier alpha value is -0.810. The van der Waals surface area contributed by atoms with E-state index >= 15 is 0 Å². The van der Waals surface area contributed by atoms with Gasteiger partial charge in [0.1, 0.15) is 5.60 Å². The van der Waals surface area contributed by atoms with Crippen molar-refractivity contribution in [3.05, 3.63) is 0 Å². The third kappa shape index (κ3) is 6.25. The predicted octanol–water partition coefficient (Wildman–Crippen LogP) is 1.71. The van der Waals surface area contributed by atoms with Crippen LogP contribution in [0.5, 0.6) is 0 Å². The minimum absolute atomic E-state index is 0.182. The van der Waals surface area contributed by atoms with Crippen LogP contribution in [-0.4, -0.2) is 48.8 Å². The van der Waals surface area contributed by atoms with Gasteiger partial charge in [-0.25, -0.2) is 4.79 Å². The van der Waals surface area contributed by atoms with E-state index in [-0.39, 0.29) is 12.1 Å². The zero-order valence-corrected chi connectivity index (χ0v) is 12.6. The largest absolute Gasteiger partial charge is 0.444 e. The van der Waals surface area contributed by atoms with Crippen molar-refractivity contribution in [2.45, 2.75) is 58.1 Å². The Labute approximate surface area is 116 Å². The molecule has 0 spiro atoms. The standard InChI is InChI=1S/C14H29N3O2/c1-14(2,3)19-13(18)17-10-6-7-12(17)11-16-9-5-4-8-15/h12,16H,4-11,15H2,1-3H3. The molecule has 1 rings (SSSR count). The summed E-state index contributed by atoms with van der Waals surface area (Å²) in [6.07, 6.45) is 4.08. The lowest BCUT2D eigenvalue weighted by molar-refractivity contribution is 0.0226. The Morgan fingerprint density at radius 2 is 2.16 bits per heavy atom. The van der Waals surface area contributed by atoms with Crippen LogP contribution in [0.15, 0.2) is 0 Å². The lowest BCUT2D eigenvalue weighted by Gasteiger charge is -2.28. The zero-order chi connectivity index (χ0) is 14.3. The number of likely N-dealkylation sites (tertiary alicyclic amines) is 1. The number of amides is 1. The third-order valence-electron chi connectivity index (χ3n) is 3.19. The summed E-state index contributed by atoms with van der Waals surface area (Å²) in [6, 6.07) is 0.271. The number of ether oxygens (including phenoxy) is 1. The summed E-state index contributed by atoms with van der Waals surface area (Å²) in [5.74, 6) is 0. The van der Waals surface area contributed by atoms with Crippen molar-refractivity contribution in [1.29, 1.82) is 0 Å². The minimum atomic E-state index is -0.418. The number of nitrogens with zero attached hydrogens (tertiary/aromatic N) is 1. The van der Waals surface area contributed by atoms with Gasteiger partial charge in [0.15, 0.2) is 0 Å². The summed E-state index contributed by atoms with van der Waals surface area (Å²) in [5.41, 5.74) is 5.04. The molecule has 1 heterocycles.